The van der Waals surface area contributed by atoms with Crippen molar-refractivity contribution >= 4 is 34.5 Å². The number of carbonyl (C=O) groups excluding carboxylic acids is 2. The van der Waals surface area contributed by atoms with E-state index in [4.69, 9.17) is 4.74 Å². The van der Waals surface area contributed by atoms with Crippen LogP contribution < -0.4 is 15.4 Å². The molecule has 7 nitrogen and oxygen atoms in total. The zero-order valence-electron chi connectivity index (χ0n) is 16.8. The highest BCUT2D eigenvalue weighted by Gasteiger charge is 2.47. The van der Waals surface area contributed by atoms with Crippen LogP contribution in [0.4, 0.5) is 11.6 Å². The van der Waals surface area contributed by atoms with Crippen molar-refractivity contribution < 1.29 is 14.3 Å². The Kier molecular flexibility index (Phi) is 4.43. The number of carbonyl (C=O) groups is 2. The van der Waals surface area contributed by atoms with Gasteiger partial charge < -0.3 is 14.6 Å². The fourth-order valence-corrected chi connectivity index (χ4v) is 3.63. The number of anilines is 2. The van der Waals surface area contributed by atoms with Crippen molar-refractivity contribution in [3.8, 4) is 5.75 Å². The summed E-state index contributed by atoms with van der Waals surface area (Å²) in [6.07, 6.45) is 0. The van der Waals surface area contributed by atoms with Crippen molar-refractivity contribution in [2.75, 3.05) is 10.6 Å². The van der Waals surface area contributed by atoms with Crippen LogP contribution in [0, 0.1) is 0 Å². The second-order valence-corrected chi connectivity index (χ2v) is 7.54. The van der Waals surface area contributed by atoms with Crippen LogP contribution in [0.1, 0.15) is 12.5 Å². The Labute approximate surface area is 178 Å². The molecule has 0 fully saturated rings. The minimum Gasteiger partial charge on any atom is -0.466 e. The maximum Gasteiger partial charge on any atom is 0.280 e. The molecule has 7 heteroatoms. The molecule has 2 heterocycles. The molecule has 1 aliphatic rings. The summed E-state index contributed by atoms with van der Waals surface area (Å²) in [6.45, 7) is 1.97. The summed E-state index contributed by atoms with van der Waals surface area (Å²) in [7, 11) is 0. The average Bonchev–Trinajstić information content (AvgIpc) is 3.12. The lowest BCUT2D eigenvalue weighted by Gasteiger charge is -2.33. The van der Waals surface area contributed by atoms with E-state index in [9.17, 15) is 9.59 Å². The van der Waals surface area contributed by atoms with Crippen LogP contribution in [-0.4, -0.2) is 27.0 Å². The molecule has 31 heavy (non-hydrogen) atoms. The van der Waals surface area contributed by atoms with Crippen LogP contribution in [0.15, 0.2) is 78.9 Å². The van der Waals surface area contributed by atoms with E-state index in [2.05, 4.69) is 15.6 Å². The average molecular weight is 412 g/mol. The molecule has 1 aliphatic heterocycles. The number of para-hydroxylation sites is 4. The van der Waals surface area contributed by atoms with E-state index in [1.807, 2.05) is 59.2 Å². The van der Waals surface area contributed by atoms with Gasteiger partial charge in [-0.1, -0.05) is 54.6 Å². The Morgan fingerprint density at radius 2 is 1.74 bits per heavy atom. The van der Waals surface area contributed by atoms with Gasteiger partial charge in [0.15, 0.2) is 0 Å². The molecule has 154 valence electrons. The van der Waals surface area contributed by atoms with Crippen molar-refractivity contribution in [2.24, 2.45) is 0 Å². The Hall–Kier alpha value is -4.13. The smallest absolute Gasteiger partial charge is 0.280 e. The van der Waals surface area contributed by atoms with Gasteiger partial charge in [-0.05, 0) is 36.8 Å². The Balaban J connectivity index is 1.50. The van der Waals surface area contributed by atoms with Crippen molar-refractivity contribution in [1.82, 2.24) is 9.55 Å². The maximum absolute atomic E-state index is 13.2. The molecule has 1 aromatic heterocycles. The van der Waals surface area contributed by atoms with Crippen molar-refractivity contribution in [2.45, 2.75) is 19.1 Å². The number of amides is 2. The van der Waals surface area contributed by atoms with E-state index in [1.54, 1.807) is 24.3 Å². The number of imidazole rings is 1. The largest absolute Gasteiger partial charge is 0.466 e. The summed E-state index contributed by atoms with van der Waals surface area (Å²) >= 11 is 0. The zero-order valence-corrected chi connectivity index (χ0v) is 16.8. The number of hydrogen-bond acceptors (Lipinski definition) is 4. The second-order valence-electron chi connectivity index (χ2n) is 7.54. The summed E-state index contributed by atoms with van der Waals surface area (Å²) in [4.78, 5) is 30.6. The third kappa shape index (κ3) is 3.30. The van der Waals surface area contributed by atoms with Crippen LogP contribution in [0.5, 0.6) is 5.75 Å². The first kappa shape index (κ1) is 18.9. The van der Waals surface area contributed by atoms with Gasteiger partial charge in [0.1, 0.15) is 5.75 Å². The first-order valence-electron chi connectivity index (χ1n) is 9.95. The van der Waals surface area contributed by atoms with Crippen LogP contribution in [0.25, 0.3) is 11.0 Å². The van der Waals surface area contributed by atoms with E-state index in [1.165, 1.54) is 6.92 Å². The van der Waals surface area contributed by atoms with Crippen LogP contribution in [0.2, 0.25) is 0 Å². The molecule has 0 aliphatic carbocycles. The lowest BCUT2D eigenvalue weighted by Crippen LogP contribution is -2.56. The molecule has 1 unspecified atom stereocenters. The van der Waals surface area contributed by atoms with E-state index in [-0.39, 0.29) is 0 Å². The van der Waals surface area contributed by atoms with E-state index >= 15 is 0 Å². The monoisotopic (exact) mass is 412 g/mol. The van der Waals surface area contributed by atoms with Gasteiger partial charge in [0, 0.05) is 0 Å². The maximum atomic E-state index is 13.2. The third-order valence-electron chi connectivity index (χ3n) is 5.38. The molecule has 5 rings (SSSR count). The van der Waals surface area contributed by atoms with Gasteiger partial charge in [-0.15, -0.1) is 0 Å². The molecule has 4 aromatic rings. The predicted molar refractivity (Wildman–Crippen MR) is 118 cm³/mol. The molecule has 0 radical (unpaired) electrons. The van der Waals surface area contributed by atoms with Gasteiger partial charge in [0.05, 0.1) is 23.3 Å². The molecule has 1 atom stereocenters. The number of nitrogens with one attached hydrogen (secondary N) is 2. The van der Waals surface area contributed by atoms with Gasteiger partial charge >= 0.3 is 0 Å². The lowest BCUT2D eigenvalue weighted by molar-refractivity contribution is -0.143. The predicted octanol–water partition coefficient (Wildman–Crippen LogP) is 3.81. The first-order valence-corrected chi connectivity index (χ1v) is 9.95. The number of nitrogens with zero attached hydrogens (tertiary/aromatic N) is 2. The molecule has 0 saturated heterocycles. The topological polar surface area (TPSA) is 85.2 Å². The highest BCUT2D eigenvalue weighted by atomic mass is 16.5. The molecule has 2 N–H and O–H groups in total. The molecule has 3 aromatic carbocycles. The molecular weight excluding hydrogens is 392 g/mol. The first-order chi connectivity index (χ1) is 15.0. The van der Waals surface area contributed by atoms with Crippen LogP contribution in [0.3, 0.4) is 0 Å². The van der Waals surface area contributed by atoms with E-state index in [0.717, 1.165) is 16.6 Å². The SMILES string of the molecule is CC1(C(=O)Nc2nc3ccccc3n2Cc2ccccc2)Oc2ccccc2NC1=O. The highest BCUT2D eigenvalue weighted by molar-refractivity contribution is 6.18. The molecule has 0 bridgehead atoms. The molecular formula is C24H20N4O3. The van der Waals surface area contributed by atoms with E-state index in [0.29, 0.717) is 23.9 Å². The normalized spacial score (nSPS) is 17.5. The van der Waals surface area contributed by atoms with Gasteiger partial charge in [-0.3, -0.25) is 14.9 Å². The minimum absolute atomic E-state index is 0.353. The number of benzene rings is 3. The Morgan fingerprint density at radius 3 is 2.58 bits per heavy atom. The number of rotatable bonds is 4. The molecule has 0 saturated carbocycles. The third-order valence-corrected chi connectivity index (χ3v) is 5.38. The van der Waals surface area contributed by atoms with Crippen molar-refractivity contribution in [3.05, 3.63) is 84.4 Å². The number of ether oxygens (including phenoxy) is 1. The van der Waals surface area contributed by atoms with Gasteiger partial charge in [-0.2, -0.15) is 0 Å². The van der Waals surface area contributed by atoms with E-state index < -0.39 is 17.4 Å². The number of aromatic nitrogens is 2. The van der Waals surface area contributed by atoms with Crippen LogP contribution in [-0.2, 0) is 16.1 Å². The molecule has 0 spiro atoms. The summed E-state index contributed by atoms with van der Waals surface area (Å²) in [6, 6.07) is 24.6. The highest BCUT2D eigenvalue weighted by Crippen LogP contribution is 2.34. The summed E-state index contributed by atoms with van der Waals surface area (Å²) in [5, 5.41) is 5.56. The van der Waals surface area contributed by atoms with Gasteiger partial charge in [-0.25, -0.2) is 4.98 Å². The fourth-order valence-electron chi connectivity index (χ4n) is 3.63. The van der Waals surface area contributed by atoms with Gasteiger partial charge in [0.2, 0.25) is 5.95 Å². The summed E-state index contributed by atoms with van der Waals surface area (Å²) in [5.74, 6) is -0.331. The quantitative estimate of drug-likeness (QED) is 0.499. The standard InChI is InChI=1S/C24H20N4O3/c1-24(21(29)25-18-12-6-8-14-20(18)31-24)22(30)27-23-26-17-11-5-7-13-19(17)28(23)15-16-9-3-2-4-10-16/h2-14H,15H2,1H3,(H,25,29)(H,26,27,30). The Morgan fingerprint density at radius 1 is 1.03 bits per heavy atom. The van der Waals surface area contributed by atoms with Crippen molar-refractivity contribution in [1.29, 1.82) is 0 Å². The molecule has 2 amide bonds. The Bertz CT molecular complexity index is 1300. The minimum atomic E-state index is -1.73. The van der Waals surface area contributed by atoms with Crippen molar-refractivity contribution in [3.63, 3.8) is 0 Å². The number of hydrogen-bond donors (Lipinski definition) is 2. The second kappa shape index (κ2) is 7.28. The van der Waals surface area contributed by atoms with Crippen LogP contribution >= 0.6 is 0 Å². The van der Waals surface area contributed by atoms with Gasteiger partial charge in [0.25, 0.3) is 17.4 Å². The summed E-state index contributed by atoms with van der Waals surface area (Å²) in [5.41, 5.74) is 1.50. The number of fused-ring (bicyclic) bond motifs is 2. The summed E-state index contributed by atoms with van der Waals surface area (Å²) < 4.78 is 7.75. The fraction of sp³-hybridized carbons (Fsp3) is 0.125. The lowest BCUT2D eigenvalue weighted by atomic mass is 10.0. The zero-order chi connectivity index (χ0) is 21.4.